The summed E-state index contributed by atoms with van der Waals surface area (Å²) in [6.07, 6.45) is -5.02. The molecule has 7 heteroatoms. The number of rotatable bonds is 2. The van der Waals surface area contributed by atoms with Crippen LogP contribution in [0.1, 0.15) is 0 Å². The predicted molar refractivity (Wildman–Crippen MR) is 48.0 cm³/mol. The topological polar surface area (TPSA) is 52.5 Å². The van der Waals surface area contributed by atoms with Gasteiger partial charge in [0.1, 0.15) is 12.8 Å². The number of hydrogen-bond acceptors (Lipinski definition) is 2. The van der Waals surface area contributed by atoms with Gasteiger partial charge in [-0.1, -0.05) is 23.6 Å². The maximum atomic E-state index is 8.97. The van der Waals surface area contributed by atoms with Crippen molar-refractivity contribution < 1.29 is 9.79 Å². The lowest BCUT2D eigenvalue weighted by molar-refractivity contribution is 0.603. The van der Waals surface area contributed by atoms with Gasteiger partial charge < -0.3 is 9.79 Å². The van der Waals surface area contributed by atoms with Crippen LogP contribution in [-0.2, 0) is 23.6 Å². The van der Waals surface area contributed by atoms with Crippen LogP contribution >= 0.6 is 12.8 Å². The maximum Gasteiger partial charge on any atom is 0.129 e. The van der Waals surface area contributed by atoms with Gasteiger partial charge in [-0.05, 0) is 0 Å². The fraction of sp³-hybridized carbons (Fsp3) is 1.00. The van der Waals surface area contributed by atoms with Gasteiger partial charge in [0.15, 0.2) is 0 Å². The van der Waals surface area contributed by atoms with E-state index in [1.54, 1.807) is 0 Å². The molecule has 2 atom stereocenters. The van der Waals surface area contributed by atoms with E-state index < -0.39 is 12.8 Å². The molecule has 0 aromatic carbocycles. The van der Waals surface area contributed by atoms with Crippen LogP contribution in [0.5, 0.6) is 0 Å². The van der Waals surface area contributed by atoms with E-state index in [-0.39, 0.29) is 0 Å². The van der Waals surface area contributed by atoms with E-state index in [0.29, 0.717) is 0 Å². The minimum atomic E-state index is -2.51. The van der Waals surface area contributed by atoms with Crippen molar-refractivity contribution in [2.45, 2.75) is 0 Å². The fourth-order valence-corrected chi connectivity index (χ4v) is 6.43. The highest BCUT2D eigenvalue weighted by Crippen LogP contribution is 2.45. The van der Waals surface area contributed by atoms with E-state index in [4.69, 9.17) is 9.79 Å². The summed E-state index contributed by atoms with van der Waals surface area (Å²) in [5.74, 6) is 0. The Bertz CT molecular complexity index is 161. The predicted octanol–water partition coefficient (Wildman–Crippen LogP) is 0.439. The number of nitrogens with one attached hydrogen (secondary N) is 1. The van der Waals surface area contributed by atoms with Crippen molar-refractivity contribution in [1.29, 1.82) is 0 Å². The molecule has 56 valence electrons. The van der Waals surface area contributed by atoms with Gasteiger partial charge in [-0.15, -0.1) is 0 Å². The van der Waals surface area contributed by atoms with Gasteiger partial charge in [-0.3, -0.25) is 0 Å². The van der Waals surface area contributed by atoms with Crippen LogP contribution in [0.3, 0.4) is 0 Å². The summed E-state index contributed by atoms with van der Waals surface area (Å²) in [6.45, 7) is 2.92. The van der Waals surface area contributed by atoms with E-state index in [1.807, 2.05) is 0 Å². The van der Waals surface area contributed by atoms with Gasteiger partial charge in [-0.25, -0.2) is 4.86 Å². The minimum Gasteiger partial charge on any atom is -0.354 e. The zero-order chi connectivity index (χ0) is 7.71. The molecular weight excluding hydrogens is 196 g/mol. The molecule has 0 amide bonds. The molecule has 0 aromatic heterocycles. The Balaban J connectivity index is 4.07. The average molecular weight is 205 g/mol. The van der Waals surface area contributed by atoms with Gasteiger partial charge in [0.2, 0.25) is 0 Å². The highest BCUT2D eigenvalue weighted by Gasteiger charge is 2.11. The lowest BCUT2D eigenvalue weighted by Crippen LogP contribution is -2.03. The van der Waals surface area contributed by atoms with Crippen molar-refractivity contribution in [3.8, 4) is 0 Å². The Morgan fingerprint density at radius 1 is 1.11 bits per heavy atom. The molecule has 0 aliphatic heterocycles. The molecule has 0 aliphatic carbocycles. The molecule has 3 nitrogen and oxygen atoms in total. The van der Waals surface area contributed by atoms with Crippen LogP contribution in [0.2, 0.25) is 0 Å². The molecular formula is C2H9NO2P2S2. The lowest BCUT2D eigenvalue weighted by Gasteiger charge is -2.16. The third kappa shape index (κ3) is 9.18. The molecule has 0 bridgehead atoms. The molecule has 0 saturated heterocycles. The van der Waals surface area contributed by atoms with E-state index >= 15 is 0 Å². The van der Waals surface area contributed by atoms with Crippen molar-refractivity contribution >= 4 is 36.4 Å². The molecule has 2 unspecified atom stereocenters. The first-order valence-corrected chi connectivity index (χ1v) is 8.51. The van der Waals surface area contributed by atoms with E-state index in [0.717, 1.165) is 0 Å². The normalized spacial score (nSPS) is 24.4. The Hall–Kier alpha value is 1.18. The van der Waals surface area contributed by atoms with E-state index in [2.05, 4.69) is 28.5 Å². The quantitative estimate of drug-likeness (QED) is 0.571. The maximum absolute atomic E-state index is 8.97. The van der Waals surface area contributed by atoms with Gasteiger partial charge in [0.25, 0.3) is 0 Å². The Morgan fingerprint density at radius 3 is 1.33 bits per heavy atom. The zero-order valence-electron chi connectivity index (χ0n) is 5.11. The largest absolute Gasteiger partial charge is 0.354 e. The van der Waals surface area contributed by atoms with E-state index in [9.17, 15) is 0 Å². The Morgan fingerprint density at radius 2 is 1.33 bits per heavy atom. The van der Waals surface area contributed by atoms with Crippen LogP contribution in [0.25, 0.3) is 0 Å². The first kappa shape index (κ1) is 10.2. The molecule has 9 heavy (non-hydrogen) atoms. The van der Waals surface area contributed by atoms with Crippen molar-refractivity contribution in [3.05, 3.63) is 0 Å². The van der Waals surface area contributed by atoms with Crippen molar-refractivity contribution in [2.75, 3.05) is 13.3 Å². The molecule has 0 spiro atoms. The first-order valence-electron chi connectivity index (χ1n) is 2.11. The molecule has 0 heterocycles. The lowest BCUT2D eigenvalue weighted by atomic mass is 12.0. The van der Waals surface area contributed by atoms with Crippen LogP contribution in [0, 0.1) is 0 Å². The van der Waals surface area contributed by atoms with Gasteiger partial charge in [0.05, 0.1) is 0 Å². The van der Waals surface area contributed by atoms with Crippen molar-refractivity contribution in [3.63, 3.8) is 0 Å². The second-order valence-corrected chi connectivity index (χ2v) is 10.4. The SMILES string of the molecule is CP(O)(=S)NP(C)(O)=S. The average Bonchev–Trinajstić information content (AvgIpc) is 1.14. The molecule has 0 saturated carbocycles. The third-order valence-corrected chi connectivity index (χ3v) is 4.81. The zero-order valence-corrected chi connectivity index (χ0v) is 8.53. The van der Waals surface area contributed by atoms with E-state index in [1.165, 1.54) is 13.3 Å². The molecule has 3 N–H and O–H groups in total. The van der Waals surface area contributed by atoms with Crippen LogP contribution in [0.15, 0.2) is 0 Å². The molecule has 0 rings (SSSR count). The smallest absolute Gasteiger partial charge is 0.129 e. The van der Waals surface area contributed by atoms with Gasteiger partial charge >= 0.3 is 0 Å². The monoisotopic (exact) mass is 205 g/mol. The first-order chi connectivity index (χ1) is 3.71. The molecule has 0 aromatic rings. The molecule has 0 aliphatic rings. The van der Waals surface area contributed by atoms with Gasteiger partial charge in [-0.2, -0.15) is 0 Å². The summed E-state index contributed by atoms with van der Waals surface area (Å²) >= 11 is 9.18. The Labute approximate surface area is 64.8 Å². The Kier molecular flexibility index (Phi) is 3.46. The van der Waals surface area contributed by atoms with Crippen LogP contribution in [0.4, 0.5) is 0 Å². The summed E-state index contributed by atoms with van der Waals surface area (Å²) in [7, 11) is 0. The summed E-state index contributed by atoms with van der Waals surface area (Å²) in [4.78, 5) is 20.4. The summed E-state index contributed by atoms with van der Waals surface area (Å²) in [6, 6.07) is 0. The van der Waals surface area contributed by atoms with Gasteiger partial charge in [0, 0.05) is 13.3 Å². The number of hydrogen-bond donors (Lipinski definition) is 3. The second kappa shape index (κ2) is 3.05. The van der Waals surface area contributed by atoms with Crippen LogP contribution in [-0.4, -0.2) is 23.1 Å². The molecule has 0 fully saturated rings. The highest BCUT2D eigenvalue weighted by atomic mass is 32.5. The van der Waals surface area contributed by atoms with Crippen molar-refractivity contribution in [1.82, 2.24) is 4.86 Å². The molecule has 0 radical (unpaired) electrons. The third-order valence-electron chi connectivity index (χ3n) is 0.371. The summed E-state index contributed by atoms with van der Waals surface area (Å²) < 4.78 is 0. The summed E-state index contributed by atoms with van der Waals surface area (Å²) in [5.41, 5.74) is 0. The summed E-state index contributed by atoms with van der Waals surface area (Å²) in [5, 5.41) is 0. The van der Waals surface area contributed by atoms with Crippen LogP contribution < -0.4 is 4.86 Å². The second-order valence-electron chi connectivity index (χ2n) is 1.86. The highest BCUT2D eigenvalue weighted by molar-refractivity contribution is 8.19. The van der Waals surface area contributed by atoms with Crippen molar-refractivity contribution in [2.24, 2.45) is 0 Å². The standard InChI is InChI=1S/C2H9NO2P2S2/c1-6(4,8)3-7(2,5)9/h1-2H3,(H3,3,4,5,8,9). The fourth-order valence-electron chi connectivity index (χ4n) is 0.344. The minimum absolute atomic E-state index is 1.46.